The number of hydrogen-bond donors (Lipinski definition) is 2. The summed E-state index contributed by atoms with van der Waals surface area (Å²) in [6, 6.07) is 7.97. The fraction of sp³-hybridized carbons (Fsp3) is 0.632. The molecule has 0 aromatic heterocycles. The van der Waals surface area contributed by atoms with Gasteiger partial charge in [-0.15, -0.1) is 0 Å². The van der Waals surface area contributed by atoms with Gasteiger partial charge in [-0.2, -0.15) is 0 Å². The predicted molar refractivity (Wildman–Crippen MR) is 104 cm³/mol. The standard InChI is InChI=1S/C19H32BN3O2/c1-16(2)4-5-17-6-8-18(9-7-17)19(24)21-10-11-22-12-14-23(15-13-22)20(3)25/h6-9,16,25H,4-5,10-15H2,1-3H3,(H,21,24). The largest absolute Gasteiger partial charge is 0.437 e. The number of hydrogen-bond acceptors (Lipinski definition) is 4. The first-order chi connectivity index (χ1) is 12.0. The van der Waals surface area contributed by atoms with Gasteiger partial charge in [0.25, 0.3) is 5.91 Å². The van der Waals surface area contributed by atoms with Crippen molar-refractivity contribution < 1.29 is 9.82 Å². The van der Waals surface area contributed by atoms with Gasteiger partial charge in [-0.3, -0.25) is 9.69 Å². The monoisotopic (exact) mass is 345 g/mol. The molecule has 1 aromatic rings. The SMILES string of the molecule is CB(O)N1CCN(CCNC(=O)c2ccc(CCC(C)C)cc2)CC1. The number of benzene rings is 1. The molecule has 1 saturated heterocycles. The van der Waals surface area contributed by atoms with E-state index in [1.54, 1.807) is 0 Å². The van der Waals surface area contributed by atoms with Crippen LogP contribution in [0.4, 0.5) is 0 Å². The Morgan fingerprint density at radius 3 is 2.40 bits per heavy atom. The van der Waals surface area contributed by atoms with E-state index in [2.05, 4.69) is 41.0 Å². The first-order valence-electron chi connectivity index (χ1n) is 9.47. The number of rotatable bonds is 8. The molecule has 5 nitrogen and oxygen atoms in total. The van der Waals surface area contributed by atoms with Gasteiger partial charge in [-0.05, 0) is 43.3 Å². The van der Waals surface area contributed by atoms with Crippen LogP contribution >= 0.6 is 0 Å². The first kappa shape index (κ1) is 20.0. The summed E-state index contributed by atoms with van der Waals surface area (Å²) in [5, 5.41) is 12.6. The molecule has 1 aliphatic heterocycles. The Labute approximate surface area is 152 Å². The van der Waals surface area contributed by atoms with Crippen LogP contribution in [0.1, 0.15) is 36.2 Å². The lowest BCUT2D eigenvalue weighted by molar-refractivity contribution is 0.0944. The Morgan fingerprint density at radius 1 is 1.20 bits per heavy atom. The molecule has 138 valence electrons. The van der Waals surface area contributed by atoms with Gasteiger partial charge in [0.1, 0.15) is 0 Å². The van der Waals surface area contributed by atoms with E-state index in [0.29, 0.717) is 12.5 Å². The minimum Gasteiger partial charge on any atom is -0.437 e. The lowest BCUT2D eigenvalue weighted by Crippen LogP contribution is -2.52. The van der Waals surface area contributed by atoms with E-state index in [9.17, 15) is 9.82 Å². The van der Waals surface area contributed by atoms with Gasteiger partial charge < -0.3 is 15.2 Å². The van der Waals surface area contributed by atoms with Crippen LogP contribution in [0.15, 0.2) is 24.3 Å². The zero-order chi connectivity index (χ0) is 18.2. The van der Waals surface area contributed by atoms with Crippen LogP contribution < -0.4 is 5.32 Å². The van der Waals surface area contributed by atoms with E-state index >= 15 is 0 Å². The Kier molecular flexibility index (Phi) is 7.94. The van der Waals surface area contributed by atoms with Crippen molar-refractivity contribution in [3.8, 4) is 0 Å². The van der Waals surface area contributed by atoms with E-state index in [-0.39, 0.29) is 13.0 Å². The smallest absolute Gasteiger partial charge is 0.376 e. The van der Waals surface area contributed by atoms with Crippen molar-refractivity contribution in [1.82, 2.24) is 15.0 Å². The lowest BCUT2D eigenvalue weighted by Gasteiger charge is -2.35. The van der Waals surface area contributed by atoms with Crippen molar-refractivity contribution in [2.24, 2.45) is 5.92 Å². The number of carbonyl (C=O) groups is 1. The summed E-state index contributed by atoms with van der Waals surface area (Å²) < 4.78 is 0. The molecule has 0 unspecified atom stereocenters. The summed E-state index contributed by atoms with van der Waals surface area (Å²) in [6.07, 6.45) is 2.24. The van der Waals surface area contributed by atoms with Gasteiger partial charge in [0.05, 0.1) is 0 Å². The first-order valence-corrected chi connectivity index (χ1v) is 9.47. The van der Waals surface area contributed by atoms with Crippen LogP contribution in [-0.2, 0) is 6.42 Å². The maximum absolute atomic E-state index is 12.2. The van der Waals surface area contributed by atoms with Gasteiger partial charge in [-0.1, -0.05) is 26.0 Å². The molecule has 0 atom stereocenters. The van der Waals surface area contributed by atoms with Crippen LogP contribution in [-0.4, -0.2) is 67.0 Å². The second kappa shape index (κ2) is 9.95. The second-order valence-electron chi connectivity index (χ2n) is 7.39. The van der Waals surface area contributed by atoms with Crippen molar-refractivity contribution in [1.29, 1.82) is 0 Å². The third-order valence-electron chi connectivity index (χ3n) is 4.88. The molecule has 2 rings (SSSR count). The Bertz CT molecular complexity index is 526. The molecule has 0 radical (unpaired) electrons. The van der Waals surface area contributed by atoms with Crippen molar-refractivity contribution >= 4 is 13.0 Å². The quantitative estimate of drug-likeness (QED) is 0.705. The molecule has 1 amide bonds. The third-order valence-corrected chi connectivity index (χ3v) is 4.88. The number of nitrogens with zero attached hydrogens (tertiary/aromatic N) is 2. The zero-order valence-corrected chi connectivity index (χ0v) is 15.9. The van der Waals surface area contributed by atoms with Crippen molar-refractivity contribution in [2.75, 3.05) is 39.3 Å². The molecule has 6 heteroatoms. The highest BCUT2D eigenvalue weighted by Gasteiger charge is 2.22. The molecule has 2 N–H and O–H groups in total. The highest BCUT2D eigenvalue weighted by Crippen LogP contribution is 2.10. The van der Waals surface area contributed by atoms with E-state index in [4.69, 9.17) is 0 Å². The zero-order valence-electron chi connectivity index (χ0n) is 15.9. The molecule has 1 heterocycles. The molecule has 1 aromatic carbocycles. The van der Waals surface area contributed by atoms with E-state index in [0.717, 1.165) is 44.7 Å². The minimum absolute atomic E-state index is 0.00183. The maximum atomic E-state index is 12.2. The molecule has 1 fully saturated rings. The fourth-order valence-electron chi connectivity index (χ4n) is 3.07. The summed E-state index contributed by atoms with van der Waals surface area (Å²) in [5.41, 5.74) is 2.02. The molecule has 1 aliphatic rings. The minimum atomic E-state index is -0.370. The van der Waals surface area contributed by atoms with E-state index in [1.807, 2.05) is 19.0 Å². The molecule has 0 aliphatic carbocycles. The summed E-state index contributed by atoms with van der Waals surface area (Å²) in [5.74, 6) is 0.698. The lowest BCUT2D eigenvalue weighted by atomic mass is 9.84. The number of carbonyl (C=O) groups excluding carboxylic acids is 1. The average molecular weight is 345 g/mol. The van der Waals surface area contributed by atoms with E-state index in [1.165, 1.54) is 12.0 Å². The number of nitrogens with one attached hydrogen (secondary N) is 1. The summed E-state index contributed by atoms with van der Waals surface area (Å²) in [4.78, 5) is 16.6. The van der Waals surface area contributed by atoms with Crippen LogP contribution in [0, 0.1) is 5.92 Å². The third kappa shape index (κ3) is 6.80. The highest BCUT2D eigenvalue weighted by atomic mass is 16.2. The molecule has 0 spiro atoms. The summed E-state index contributed by atoms with van der Waals surface area (Å²) >= 11 is 0. The number of amides is 1. The fourth-order valence-corrected chi connectivity index (χ4v) is 3.07. The highest BCUT2D eigenvalue weighted by molar-refractivity contribution is 6.45. The molecular formula is C19H32BN3O2. The van der Waals surface area contributed by atoms with E-state index < -0.39 is 0 Å². The Hall–Kier alpha value is -1.37. The van der Waals surface area contributed by atoms with Crippen LogP contribution in [0.25, 0.3) is 0 Å². The second-order valence-corrected chi connectivity index (χ2v) is 7.39. The topological polar surface area (TPSA) is 55.8 Å². The van der Waals surface area contributed by atoms with Crippen molar-refractivity contribution in [2.45, 2.75) is 33.5 Å². The van der Waals surface area contributed by atoms with Gasteiger partial charge in [0.2, 0.25) is 0 Å². The molecule has 25 heavy (non-hydrogen) atoms. The van der Waals surface area contributed by atoms with Crippen molar-refractivity contribution in [3.63, 3.8) is 0 Å². The molecule has 0 bridgehead atoms. The van der Waals surface area contributed by atoms with Gasteiger partial charge in [0, 0.05) is 44.8 Å². The molecule has 0 saturated carbocycles. The number of aryl methyl sites for hydroxylation is 1. The van der Waals surface area contributed by atoms with Crippen LogP contribution in [0.5, 0.6) is 0 Å². The van der Waals surface area contributed by atoms with Gasteiger partial charge >= 0.3 is 7.05 Å². The Balaban J connectivity index is 1.68. The average Bonchev–Trinajstić information content (AvgIpc) is 2.60. The number of piperazine rings is 1. The van der Waals surface area contributed by atoms with Gasteiger partial charge in [0.15, 0.2) is 0 Å². The summed E-state index contributed by atoms with van der Waals surface area (Å²) in [6.45, 7) is 11.4. The maximum Gasteiger partial charge on any atom is 0.376 e. The predicted octanol–water partition coefficient (Wildman–Crippen LogP) is 1.73. The summed E-state index contributed by atoms with van der Waals surface area (Å²) in [7, 11) is -0.370. The molecular weight excluding hydrogens is 313 g/mol. The van der Waals surface area contributed by atoms with Crippen LogP contribution in [0.3, 0.4) is 0 Å². The van der Waals surface area contributed by atoms with Gasteiger partial charge in [-0.25, -0.2) is 0 Å². The van der Waals surface area contributed by atoms with Crippen LogP contribution in [0.2, 0.25) is 6.82 Å². The van der Waals surface area contributed by atoms with Crippen molar-refractivity contribution in [3.05, 3.63) is 35.4 Å². The Morgan fingerprint density at radius 2 is 1.84 bits per heavy atom. The normalized spacial score (nSPS) is 16.2.